The van der Waals surface area contributed by atoms with E-state index in [1.807, 2.05) is 0 Å². The van der Waals surface area contributed by atoms with Gasteiger partial charge in [0.05, 0.1) is 0 Å². The number of rotatable bonds is 2. The molecule has 0 spiro atoms. The number of hydrogen-bond acceptors (Lipinski definition) is 1. The summed E-state index contributed by atoms with van der Waals surface area (Å²) in [6.07, 6.45) is 10.3. The molecule has 0 radical (unpaired) electrons. The van der Waals surface area contributed by atoms with Crippen molar-refractivity contribution >= 4 is 12.4 Å². The summed E-state index contributed by atoms with van der Waals surface area (Å²) in [4.78, 5) is 0. The predicted octanol–water partition coefficient (Wildman–Crippen LogP) is 4.51. The third-order valence-corrected chi connectivity index (χ3v) is 6.75. The minimum Gasteiger partial charge on any atom is -0.307 e. The van der Waals surface area contributed by atoms with E-state index in [4.69, 9.17) is 0 Å². The summed E-state index contributed by atoms with van der Waals surface area (Å²) in [6.45, 7) is 0. The van der Waals surface area contributed by atoms with Gasteiger partial charge in [0, 0.05) is 12.1 Å². The van der Waals surface area contributed by atoms with Crippen LogP contribution in [0.4, 0.5) is 0 Å². The minimum atomic E-state index is 0. The van der Waals surface area contributed by atoms with Gasteiger partial charge in [0.1, 0.15) is 0 Å². The Bertz CT molecular complexity index is 498. The molecule has 0 amide bonds. The summed E-state index contributed by atoms with van der Waals surface area (Å²) in [5.74, 6) is 4.18. The van der Waals surface area contributed by atoms with Crippen molar-refractivity contribution in [2.24, 2.45) is 23.7 Å². The maximum Gasteiger partial charge on any atom is 0.0328 e. The molecule has 5 aliphatic rings. The predicted molar refractivity (Wildman–Crippen MR) is 88.7 cm³/mol. The number of benzene rings is 1. The zero-order chi connectivity index (χ0) is 13.1. The Labute approximate surface area is 134 Å². The minimum absolute atomic E-state index is 0. The molecule has 1 unspecified atom stereocenters. The lowest BCUT2D eigenvalue weighted by Crippen LogP contribution is -2.55. The summed E-state index contributed by atoms with van der Waals surface area (Å²) in [6, 6.07) is 10.6. The number of halogens is 1. The van der Waals surface area contributed by atoms with Gasteiger partial charge >= 0.3 is 0 Å². The normalized spacial score (nSPS) is 42.7. The van der Waals surface area contributed by atoms with Gasteiger partial charge in [-0.3, -0.25) is 0 Å². The van der Waals surface area contributed by atoms with Crippen LogP contribution in [-0.2, 0) is 6.42 Å². The fraction of sp³-hybridized carbons (Fsp3) is 0.684. The summed E-state index contributed by atoms with van der Waals surface area (Å²) in [5, 5.41) is 4.12. The number of fused-ring (bicyclic) bond motifs is 1. The van der Waals surface area contributed by atoms with Crippen molar-refractivity contribution in [1.29, 1.82) is 0 Å². The number of hydrogen-bond donors (Lipinski definition) is 1. The third-order valence-electron chi connectivity index (χ3n) is 6.75. The van der Waals surface area contributed by atoms with E-state index in [0.717, 1.165) is 29.7 Å². The first kappa shape index (κ1) is 14.1. The summed E-state index contributed by atoms with van der Waals surface area (Å²) >= 11 is 0. The van der Waals surface area contributed by atoms with Crippen molar-refractivity contribution in [2.45, 2.75) is 57.0 Å². The Balaban J connectivity index is 0.00000115. The second kappa shape index (κ2) is 5.28. The van der Waals surface area contributed by atoms with E-state index in [1.54, 1.807) is 17.5 Å². The topological polar surface area (TPSA) is 12.0 Å². The van der Waals surface area contributed by atoms with Crippen LogP contribution in [0.25, 0.3) is 0 Å². The molecule has 1 nitrogen and oxygen atoms in total. The lowest BCUT2D eigenvalue weighted by molar-refractivity contribution is -0.0177. The zero-order valence-electron chi connectivity index (χ0n) is 12.6. The molecule has 0 aliphatic heterocycles. The average molecular weight is 304 g/mol. The van der Waals surface area contributed by atoms with Crippen LogP contribution in [0.15, 0.2) is 24.3 Å². The smallest absolute Gasteiger partial charge is 0.0328 e. The van der Waals surface area contributed by atoms with Gasteiger partial charge in [-0.2, -0.15) is 0 Å². The van der Waals surface area contributed by atoms with Crippen LogP contribution in [0, 0.1) is 23.7 Å². The quantitative estimate of drug-likeness (QED) is 0.847. The van der Waals surface area contributed by atoms with Gasteiger partial charge in [0.25, 0.3) is 0 Å². The Morgan fingerprint density at radius 3 is 2.24 bits per heavy atom. The fourth-order valence-corrected chi connectivity index (χ4v) is 6.16. The second-order valence-electron chi connectivity index (χ2n) is 7.91. The highest BCUT2D eigenvalue weighted by molar-refractivity contribution is 5.85. The lowest BCUT2D eigenvalue weighted by atomic mass is 9.54. The molecule has 1 aromatic rings. The maximum atomic E-state index is 4.12. The molecule has 0 saturated heterocycles. The van der Waals surface area contributed by atoms with Gasteiger partial charge in [-0.05, 0) is 79.7 Å². The molecule has 4 fully saturated rings. The van der Waals surface area contributed by atoms with Crippen LogP contribution in [0.3, 0.4) is 0 Å². The van der Waals surface area contributed by atoms with E-state index in [2.05, 4.69) is 29.6 Å². The molecule has 114 valence electrons. The Kier molecular flexibility index (Phi) is 3.54. The van der Waals surface area contributed by atoms with Crippen molar-refractivity contribution in [3.63, 3.8) is 0 Å². The monoisotopic (exact) mass is 303 g/mol. The van der Waals surface area contributed by atoms with Crippen molar-refractivity contribution in [1.82, 2.24) is 5.32 Å². The van der Waals surface area contributed by atoms with Gasteiger partial charge in [0.15, 0.2) is 0 Å². The lowest BCUT2D eigenvalue weighted by Gasteiger charge is -2.55. The zero-order valence-corrected chi connectivity index (χ0v) is 13.4. The van der Waals surface area contributed by atoms with Crippen LogP contribution >= 0.6 is 12.4 Å². The molecule has 0 aromatic heterocycles. The molecule has 2 heteroatoms. The molecule has 0 heterocycles. The Morgan fingerprint density at radius 2 is 1.52 bits per heavy atom. The van der Waals surface area contributed by atoms with Gasteiger partial charge in [0.2, 0.25) is 0 Å². The molecule has 1 aromatic carbocycles. The molecule has 6 rings (SSSR count). The first-order valence-electron chi connectivity index (χ1n) is 8.70. The number of aryl methyl sites for hydroxylation is 1. The van der Waals surface area contributed by atoms with E-state index in [-0.39, 0.29) is 12.4 Å². The van der Waals surface area contributed by atoms with Crippen molar-refractivity contribution in [3.8, 4) is 0 Å². The Hall–Kier alpha value is -0.530. The maximum absolute atomic E-state index is 4.12. The second-order valence-corrected chi connectivity index (χ2v) is 7.91. The van der Waals surface area contributed by atoms with Crippen molar-refractivity contribution < 1.29 is 0 Å². The van der Waals surface area contributed by atoms with Gasteiger partial charge < -0.3 is 5.32 Å². The van der Waals surface area contributed by atoms with E-state index >= 15 is 0 Å². The SMILES string of the molecule is Cl.c1ccc2c(c1)CCC2NC1C2CC3CC(C2)CC1C3. The van der Waals surface area contributed by atoms with E-state index in [1.165, 1.54) is 38.5 Å². The van der Waals surface area contributed by atoms with Crippen LogP contribution in [-0.4, -0.2) is 6.04 Å². The molecule has 4 saturated carbocycles. The summed E-state index contributed by atoms with van der Waals surface area (Å²) in [5.41, 5.74) is 3.19. The highest BCUT2D eigenvalue weighted by Crippen LogP contribution is 2.54. The van der Waals surface area contributed by atoms with Crippen molar-refractivity contribution in [3.05, 3.63) is 35.4 Å². The van der Waals surface area contributed by atoms with E-state index in [0.29, 0.717) is 6.04 Å². The van der Waals surface area contributed by atoms with Crippen LogP contribution in [0.2, 0.25) is 0 Å². The average Bonchev–Trinajstić information content (AvgIpc) is 2.85. The molecule has 5 aliphatic carbocycles. The van der Waals surface area contributed by atoms with Gasteiger partial charge in [-0.15, -0.1) is 12.4 Å². The molecule has 1 N–H and O–H groups in total. The molecular weight excluding hydrogens is 278 g/mol. The first-order chi connectivity index (χ1) is 9.87. The van der Waals surface area contributed by atoms with Crippen LogP contribution in [0.5, 0.6) is 0 Å². The molecule has 4 bridgehead atoms. The van der Waals surface area contributed by atoms with E-state index in [9.17, 15) is 0 Å². The highest BCUT2D eigenvalue weighted by Gasteiger charge is 2.48. The molecular formula is C19H26ClN. The summed E-state index contributed by atoms with van der Waals surface area (Å²) < 4.78 is 0. The molecule has 1 atom stereocenters. The third kappa shape index (κ3) is 2.24. The van der Waals surface area contributed by atoms with Crippen LogP contribution in [0.1, 0.15) is 55.7 Å². The van der Waals surface area contributed by atoms with Crippen molar-refractivity contribution in [2.75, 3.05) is 0 Å². The highest BCUT2D eigenvalue weighted by atomic mass is 35.5. The first-order valence-corrected chi connectivity index (χ1v) is 8.70. The summed E-state index contributed by atoms with van der Waals surface area (Å²) in [7, 11) is 0. The molecule has 21 heavy (non-hydrogen) atoms. The van der Waals surface area contributed by atoms with Gasteiger partial charge in [-0.25, -0.2) is 0 Å². The Morgan fingerprint density at radius 1 is 0.857 bits per heavy atom. The number of nitrogens with one attached hydrogen (secondary N) is 1. The largest absolute Gasteiger partial charge is 0.307 e. The van der Waals surface area contributed by atoms with Crippen LogP contribution < -0.4 is 5.32 Å². The fourth-order valence-electron chi connectivity index (χ4n) is 6.16. The standard InChI is InChI=1S/C19H25N.ClH/c1-2-4-17-14(3-1)5-6-18(17)20-19-15-8-12-7-13(10-15)11-16(19)9-12;/h1-4,12-13,15-16,18-20H,5-11H2;1H. The van der Waals surface area contributed by atoms with E-state index < -0.39 is 0 Å². The van der Waals surface area contributed by atoms with Gasteiger partial charge in [-0.1, -0.05) is 24.3 Å².